The van der Waals surface area contributed by atoms with E-state index in [0.29, 0.717) is 0 Å². The molecule has 1 unspecified atom stereocenters. The summed E-state index contributed by atoms with van der Waals surface area (Å²) >= 11 is 9.72. The number of halogens is 3. The summed E-state index contributed by atoms with van der Waals surface area (Å²) in [5.41, 5.74) is 3.67. The Morgan fingerprint density at radius 2 is 1.89 bits per heavy atom. The Kier molecular flexibility index (Phi) is 5.31. The topological polar surface area (TPSA) is 9.23 Å². The molecular weight excluding hydrogens is 483 g/mol. The summed E-state index contributed by atoms with van der Waals surface area (Å²) in [5.74, 6) is 0.891. The van der Waals surface area contributed by atoms with E-state index in [1.165, 1.54) is 14.7 Å². The summed E-state index contributed by atoms with van der Waals surface area (Å²) in [7, 11) is 1.70. The van der Waals surface area contributed by atoms with Gasteiger partial charge in [0.2, 0.25) is 0 Å². The Labute approximate surface area is 144 Å². The van der Waals surface area contributed by atoms with E-state index in [0.717, 1.165) is 15.8 Å². The molecule has 1 nitrogen and oxygen atoms in total. The molecule has 0 aromatic heterocycles. The second kappa shape index (κ2) is 6.59. The number of alkyl halides is 1. The van der Waals surface area contributed by atoms with Crippen LogP contribution in [-0.2, 0) is 0 Å². The minimum absolute atomic E-state index is 0.117. The van der Waals surface area contributed by atoms with Crippen LogP contribution in [-0.4, -0.2) is 7.11 Å². The van der Waals surface area contributed by atoms with Crippen molar-refractivity contribution in [1.29, 1.82) is 0 Å². The van der Waals surface area contributed by atoms with Crippen molar-refractivity contribution in [3.8, 4) is 5.75 Å². The number of hydrogen-bond acceptors (Lipinski definition) is 1. The standard InChI is InChI=1S/C15H13Br2IO/c1-9-4-3-5-11(15(9)18)14(17)12-8-10(16)6-7-13(12)19-2/h3-8,14H,1-2H3. The molecule has 0 bridgehead atoms. The Morgan fingerprint density at radius 1 is 1.16 bits per heavy atom. The molecule has 0 N–H and O–H groups in total. The molecule has 2 aromatic carbocycles. The van der Waals surface area contributed by atoms with Crippen molar-refractivity contribution < 1.29 is 4.74 Å². The van der Waals surface area contributed by atoms with Crippen LogP contribution in [0.1, 0.15) is 21.5 Å². The van der Waals surface area contributed by atoms with Crippen LogP contribution in [0, 0.1) is 10.5 Å². The fraction of sp³-hybridized carbons (Fsp3) is 0.200. The molecule has 1 atom stereocenters. The first-order valence-corrected chi connectivity index (χ1v) is 8.56. The van der Waals surface area contributed by atoms with Crippen LogP contribution in [0.5, 0.6) is 5.75 Å². The molecule has 2 rings (SSSR count). The highest BCUT2D eigenvalue weighted by Crippen LogP contribution is 2.40. The Balaban J connectivity index is 2.52. The Hall–Kier alpha value is -0.0700. The molecule has 0 spiro atoms. The van der Waals surface area contributed by atoms with Gasteiger partial charge in [-0.2, -0.15) is 0 Å². The van der Waals surface area contributed by atoms with Crippen LogP contribution in [0.4, 0.5) is 0 Å². The Morgan fingerprint density at radius 3 is 2.58 bits per heavy atom. The van der Waals surface area contributed by atoms with Crippen molar-refractivity contribution in [2.75, 3.05) is 7.11 Å². The zero-order chi connectivity index (χ0) is 14.0. The quantitative estimate of drug-likeness (QED) is 0.383. The van der Waals surface area contributed by atoms with Gasteiger partial charge in [0.25, 0.3) is 0 Å². The summed E-state index contributed by atoms with van der Waals surface area (Å²) in [5, 5.41) is 0. The van der Waals surface area contributed by atoms with Gasteiger partial charge in [-0.1, -0.05) is 50.1 Å². The average molecular weight is 496 g/mol. The third-order valence-electron chi connectivity index (χ3n) is 2.96. The third kappa shape index (κ3) is 3.34. The molecule has 0 aliphatic rings. The number of methoxy groups -OCH3 is 1. The second-order valence-electron chi connectivity index (χ2n) is 4.23. The monoisotopic (exact) mass is 494 g/mol. The smallest absolute Gasteiger partial charge is 0.123 e. The third-order valence-corrected chi connectivity index (χ3v) is 5.91. The number of ether oxygens (including phenoxy) is 1. The normalized spacial score (nSPS) is 12.3. The van der Waals surface area contributed by atoms with Gasteiger partial charge in [-0.05, 0) is 58.8 Å². The fourth-order valence-electron chi connectivity index (χ4n) is 1.94. The highest BCUT2D eigenvalue weighted by Gasteiger charge is 2.18. The second-order valence-corrected chi connectivity index (χ2v) is 7.14. The Bertz CT molecular complexity index is 599. The number of benzene rings is 2. The van der Waals surface area contributed by atoms with Gasteiger partial charge in [-0.15, -0.1) is 0 Å². The van der Waals surface area contributed by atoms with E-state index >= 15 is 0 Å². The first kappa shape index (κ1) is 15.3. The highest BCUT2D eigenvalue weighted by molar-refractivity contribution is 14.1. The lowest BCUT2D eigenvalue weighted by molar-refractivity contribution is 0.410. The van der Waals surface area contributed by atoms with Gasteiger partial charge in [0.05, 0.1) is 11.9 Å². The minimum Gasteiger partial charge on any atom is -0.496 e. The molecule has 2 aromatic rings. The predicted octanol–water partition coefficient (Wildman–Crippen LogP) is 5.86. The van der Waals surface area contributed by atoms with Crippen molar-refractivity contribution in [3.63, 3.8) is 0 Å². The summed E-state index contributed by atoms with van der Waals surface area (Å²) in [6.07, 6.45) is 0. The first-order valence-electron chi connectivity index (χ1n) is 5.77. The number of hydrogen-bond donors (Lipinski definition) is 0. The van der Waals surface area contributed by atoms with E-state index in [2.05, 4.69) is 85.6 Å². The fourth-order valence-corrected chi connectivity index (χ4v) is 4.15. The number of aryl methyl sites for hydroxylation is 1. The van der Waals surface area contributed by atoms with Gasteiger partial charge in [-0.25, -0.2) is 0 Å². The van der Waals surface area contributed by atoms with Gasteiger partial charge in [-0.3, -0.25) is 0 Å². The van der Waals surface area contributed by atoms with Crippen LogP contribution in [0.15, 0.2) is 40.9 Å². The van der Waals surface area contributed by atoms with E-state index < -0.39 is 0 Å². The van der Waals surface area contributed by atoms with Crippen LogP contribution < -0.4 is 4.74 Å². The molecule has 0 radical (unpaired) electrons. The zero-order valence-electron chi connectivity index (χ0n) is 10.6. The highest BCUT2D eigenvalue weighted by atomic mass is 127. The van der Waals surface area contributed by atoms with E-state index in [-0.39, 0.29) is 4.83 Å². The van der Waals surface area contributed by atoms with Crippen molar-refractivity contribution in [2.45, 2.75) is 11.8 Å². The predicted molar refractivity (Wildman–Crippen MR) is 95.4 cm³/mol. The largest absolute Gasteiger partial charge is 0.496 e. The lowest BCUT2D eigenvalue weighted by Gasteiger charge is -2.17. The average Bonchev–Trinajstić information content (AvgIpc) is 2.41. The van der Waals surface area contributed by atoms with E-state index in [1.807, 2.05) is 12.1 Å². The van der Waals surface area contributed by atoms with Crippen LogP contribution in [0.25, 0.3) is 0 Å². The van der Waals surface area contributed by atoms with Gasteiger partial charge < -0.3 is 4.74 Å². The van der Waals surface area contributed by atoms with Crippen LogP contribution in [0.3, 0.4) is 0 Å². The van der Waals surface area contributed by atoms with Gasteiger partial charge in [0.15, 0.2) is 0 Å². The molecule has 0 heterocycles. The van der Waals surface area contributed by atoms with Gasteiger partial charge >= 0.3 is 0 Å². The van der Waals surface area contributed by atoms with Crippen molar-refractivity contribution in [2.24, 2.45) is 0 Å². The van der Waals surface area contributed by atoms with E-state index in [1.54, 1.807) is 7.11 Å². The van der Waals surface area contributed by atoms with Crippen molar-refractivity contribution in [1.82, 2.24) is 0 Å². The maximum Gasteiger partial charge on any atom is 0.123 e. The molecular formula is C15H13Br2IO. The molecule has 0 amide bonds. The zero-order valence-corrected chi connectivity index (χ0v) is 15.9. The first-order chi connectivity index (χ1) is 9.04. The van der Waals surface area contributed by atoms with Crippen molar-refractivity contribution in [3.05, 3.63) is 61.1 Å². The molecule has 0 aliphatic heterocycles. The minimum atomic E-state index is 0.117. The van der Waals surface area contributed by atoms with Crippen LogP contribution in [0.2, 0.25) is 0 Å². The molecule has 19 heavy (non-hydrogen) atoms. The van der Waals surface area contributed by atoms with Crippen molar-refractivity contribution >= 4 is 54.5 Å². The summed E-state index contributed by atoms with van der Waals surface area (Å²) in [6.45, 7) is 2.13. The van der Waals surface area contributed by atoms with E-state index in [9.17, 15) is 0 Å². The lowest BCUT2D eigenvalue weighted by atomic mass is 10.0. The van der Waals surface area contributed by atoms with Crippen LogP contribution >= 0.6 is 54.5 Å². The summed E-state index contributed by atoms with van der Waals surface area (Å²) in [4.78, 5) is 0.117. The SMILES string of the molecule is COc1ccc(Br)cc1C(Br)c1cccc(C)c1I. The maximum atomic E-state index is 5.46. The maximum absolute atomic E-state index is 5.46. The molecule has 0 saturated heterocycles. The molecule has 4 heteroatoms. The van der Waals surface area contributed by atoms with E-state index in [4.69, 9.17) is 4.74 Å². The summed E-state index contributed by atoms with van der Waals surface area (Å²) < 4.78 is 7.79. The summed E-state index contributed by atoms with van der Waals surface area (Å²) in [6, 6.07) is 12.4. The van der Waals surface area contributed by atoms with Gasteiger partial charge in [0.1, 0.15) is 5.75 Å². The molecule has 100 valence electrons. The molecule has 0 fully saturated rings. The molecule has 0 aliphatic carbocycles. The van der Waals surface area contributed by atoms with Gasteiger partial charge in [0, 0.05) is 13.6 Å². The lowest BCUT2D eigenvalue weighted by Crippen LogP contribution is -2.00. The number of rotatable bonds is 3. The molecule has 0 saturated carbocycles.